The van der Waals surface area contributed by atoms with Crippen LogP contribution in [0.4, 0.5) is 0 Å². The van der Waals surface area contributed by atoms with E-state index in [2.05, 4.69) is 6.92 Å². The van der Waals surface area contributed by atoms with E-state index < -0.39 is 5.97 Å². The van der Waals surface area contributed by atoms with Crippen LogP contribution in [0.5, 0.6) is 0 Å². The molecule has 0 aliphatic heterocycles. The highest BCUT2D eigenvalue weighted by Gasteiger charge is 2.22. The van der Waals surface area contributed by atoms with Crippen LogP contribution < -0.4 is 0 Å². The Morgan fingerprint density at radius 3 is 2.24 bits per heavy atom. The number of aliphatic carboxylic acids is 1. The number of rotatable bonds is 8. The summed E-state index contributed by atoms with van der Waals surface area (Å²) in [4.78, 5) is 24.4. The number of nitrogens with zero attached hydrogens (tertiary/aromatic N) is 1. The van der Waals surface area contributed by atoms with Crippen molar-refractivity contribution in [2.75, 3.05) is 6.54 Å². The Labute approximate surface area is 104 Å². The highest BCUT2D eigenvalue weighted by molar-refractivity contribution is 5.79. The van der Waals surface area contributed by atoms with E-state index in [4.69, 9.17) is 5.11 Å². The minimum Gasteiger partial charge on any atom is -0.481 e. The smallest absolute Gasteiger partial charge is 0.305 e. The maximum Gasteiger partial charge on any atom is 0.305 e. The molecule has 0 fully saturated rings. The fourth-order valence-corrected chi connectivity index (χ4v) is 1.76. The Morgan fingerprint density at radius 2 is 1.82 bits per heavy atom. The van der Waals surface area contributed by atoms with Gasteiger partial charge in [0.25, 0.3) is 0 Å². The zero-order valence-corrected chi connectivity index (χ0v) is 11.4. The monoisotopic (exact) mass is 243 g/mol. The van der Waals surface area contributed by atoms with Gasteiger partial charge in [-0.1, -0.05) is 26.7 Å². The van der Waals surface area contributed by atoms with E-state index in [0.29, 0.717) is 6.54 Å². The molecule has 0 spiro atoms. The van der Waals surface area contributed by atoms with Crippen molar-refractivity contribution in [1.82, 2.24) is 4.90 Å². The normalized spacial score (nSPS) is 12.5. The fourth-order valence-electron chi connectivity index (χ4n) is 1.76. The molecule has 4 nitrogen and oxygen atoms in total. The largest absolute Gasteiger partial charge is 0.481 e. The Bertz CT molecular complexity index is 251. The molecule has 0 aromatic rings. The van der Waals surface area contributed by atoms with Crippen molar-refractivity contribution in [3.8, 4) is 0 Å². The molecule has 4 heteroatoms. The van der Waals surface area contributed by atoms with Crippen molar-refractivity contribution in [3.05, 3.63) is 0 Å². The predicted molar refractivity (Wildman–Crippen MR) is 67.8 cm³/mol. The summed E-state index contributed by atoms with van der Waals surface area (Å²) < 4.78 is 0. The van der Waals surface area contributed by atoms with E-state index in [9.17, 15) is 9.59 Å². The molecule has 0 rings (SSSR count). The van der Waals surface area contributed by atoms with Crippen molar-refractivity contribution < 1.29 is 14.7 Å². The molecule has 1 unspecified atom stereocenters. The summed E-state index contributed by atoms with van der Waals surface area (Å²) in [6, 6.07) is 0.0610. The number of amides is 1. The number of unbranched alkanes of at least 4 members (excludes halogenated alkanes) is 1. The highest BCUT2D eigenvalue weighted by atomic mass is 16.4. The second-order valence-corrected chi connectivity index (χ2v) is 4.81. The number of hydrogen-bond donors (Lipinski definition) is 1. The second-order valence-electron chi connectivity index (χ2n) is 4.81. The van der Waals surface area contributed by atoms with Gasteiger partial charge in [-0.2, -0.15) is 0 Å². The van der Waals surface area contributed by atoms with Crippen molar-refractivity contribution in [2.24, 2.45) is 5.92 Å². The lowest BCUT2D eigenvalue weighted by molar-refractivity contribution is -0.140. The highest BCUT2D eigenvalue weighted by Crippen LogP contribution is 2.14. The van der Waals surface area contributed by atoms with Crippen LogP contribution in [0, 0.1) is 5.92 Å². The molecule has 0 heterocycles. The molecule has 0 aromatic heterocycles. The molecule has 0 aromatic carbocycles. The molecular formula is C13H25NO3. The molecule has 100 valence electrons. The van der Waals surface area contributed by atoms with E-state index in [1.807, 2.05) is 20.8 Å². The Kier molecular flexibility index (Phi) is 7.59. The fraction of sp³-hybridized carbons (Fsp3) is 0.846. The summed E-state index contributed by atoms with van der Waals surface area (Å²) in [5, 5.41) is 8.67. The van der Waals surface area contributed by atoms with Crippen molar-refractivity contribution in [2.45, 2.75) is 59.4 Å². The summed E-state index contributed by atoms with van der Waals surface area (Å²) in [6.07, 6.45) is 3.02. The Hall–Kier alpha value is -1.06. The van der Waals surface area contributed by atoms with Gasteiger partial charge in [-0.15, -0.1) is 0 Å². The van der Waals surface area contributed by atoms with Crippen LogP contribution in [0.15, 0.2) is 0 Å². The van der Waals surface area contributed by atoms with Crippen molar-refractivity contribution in [3.63, 3.8) is 0 Å². The Morgan fingerprint density at radius 1 is 1.24 bits per heavy atom. The van der Waals surface area contributed by atoms with Gasteiger partial charge in [0, 0.05) is 18.5 Å². The first-order chi connectivity index (χ1) is 7.90. The molecule has 1 amide bonds. The van der Waals surface area contributed by atoms with Gasteiger partial charge in [-0.3, -0.25) is 9.59 Å². The minimum atomic E-state index is -0.857. The van der Waals surface area contributed by atoms with E-state index in [-0.39, 0.29) is 24.3 Å². The number of carboxylic acids is 1. The maximum atomic E-state index is 12.1. The summed E-state index contributed by atoms with van der Waals surface area (Å²) in [5.41, 5.74) is 0. The first-order valence-corrected chi connectivity index (χ1v) is 6.42. The molecule has 0 aliphatic carbocycles. The molecule has 0 aliphatic rings. The lowest BCUT2D eigenvalue weighted by Crippen LogP contribution is -2.41. The number of hydrogen-bond acceptors (Lipinski definition) is 2. The average Bonchev–Trinajstić information content (AvgIpc) is 2.24. The average molecular weight is 243 g/mol. The van der Waals surface area contributed by atoms with Crippen LogP contribution in [-0.2, 0) is 9.59 Å². The molecular weight excluding hydrogens is 218 g/mol. The van der Waals surface area contributed by atoms with Crippen molar-refractivity contribution >= 4 is 11.9 Å². The van der Waals surface area contributed by atoms with Gasteiger partial charge < -0.3 is 10.0 Å². The van der Waals surface area contributed by atoms with E-state index in [1.165, 1.54) is 0 Å². The zero-order chi connectivity index (χ0) is 13.4. The molecule has 1 atom stereocenters. The summed E-state index contributed by atoms with van der Waals surface area (Å²) in [5.74, 6) is -0.787. The number of carboxylic acid groups (broad SMARTS) is 1. The van der Waals surface area contributed by atoms with Crippen LogP contribution in [0.3, 0.4) is 0 Å². The number of carbonyl (C=O) groups is 2. The van der Waals surface area contributed by atoms with Gasteiger partial charge in [0.1, 0.15) is 0 Å². The van der Waals surface area contributed by atoms with Crippen LogP contribution in [0.1, 0.15) is 53.4 Å². The molecule has 0 radical (unpaired) electrons. The van der Waals surface area contributed by atoms with Crippen LogP contribution in [-0.4, -0.2) is 34.5 Å². The third kappa shape index (κ3) is 6.29. The lowest BCUT2D eigenvalue weighted by Gasteiger charge is -2.29. The third-order valence-corrected chi connectivity index (χ3v) is 2.89. The van der Waals surface area contributed by atoms with Crippen LogP contribution in [0.2, 0.25) is 0 Å². The quantitative estimate of drug-likeness (QED) is 0.712. The summed E-state index contributed by atoms with van der Waals surface area (Å²) in [7, 11) is 0. The van der Waals surface area contributed by atoms with Crippen LogP contribution in [0.25, 0.3) is 0 Å². The third-order valence-electron chi connectivity index (χ3n) is 2.89. The van der Waals surface area contributed by atoms with Gasteiger partial charge in [-0.25, -0.2) is 0 Å². The van der Waals surface area contributed by atoms with E-state index >= 15 is 0 Å². The second kappa shape index (κ2) is 8.09. The zero-order valence-electron chi connectivity index (χ0n) is 11.4. The van der Waals surface area contributed by atoms with Gasteiger partial charge in [0.15, 0.2) is 0 Å². The summed E-state index contributed by atoms with van der Waals surface area (Å²) >= 11 is 0. The topological polar surface area (TPSA) is 57.6 Å². The van der Waals surface area contributed by atoms with Gasteiger partial charge in [0.2, 0.25) is 5.91 Å². The predicted octanol–water partition coefficient (Wildman–Crippen LogP) is 2.52. The SMILES string of the molecule is CCCCC(C)C(=O)N(CCC(=O)O)C(C)C. The summed E-state index contributed by atoms with van der Waals surface area (Å²) in [6.45, 7) is 8.18. The minimum absolute atomic E-state index is 0.00820. The van der Waals surface area contributed by atoms with Gasteiger partial charge in [-0.05, 0) is 20.3 Å². The molecule has 0 bridgehead atoms. The lowest BCUT2D eigenvalue weighted by atomic mass is 10.0. The van der Waals surface area contributed by atoms with E-state index in [0.717, 1.165) is 19.3 Å². The standard InChI is InChI=1S/C13H25NO3/c1-5-6-7-11(4)13(17)14(10(2)3)9-8-12(15)16/h10-11H,5-9H2,1-4H3,(H,15,16). The van der Waals surface area contributed by atoms with Crippen molar-refractivity contribution in [1.29, 1.82) is 0 Å². The van der Waals surface area contributed by atoms with Gasteiger partial charge >= 0.3 is 5.97 Å². The first kappa shape index (κ1) is 15.9. The van der Waals surface area contributed by atoms with E-state index in [1.54, 1.807) is 4.90 Å². The maximum absolute atomic E-state index is 12.1. The molecule has 17 heavy (non-hydrogen) atoms. The molecule has 1 N–H and O–H groups in total. The first-order valence-electron chi connectivity index (χ1n) is 6.42. The number of carbonyl (C=O) groups excluding carboxylic acids is 1. The van der Waals surface area contributed by atoms with Gasteiger partial charge in [0.05, 0.1) is 6.42 Å². The van der Waals surface area contributed by atoms with Crippen LogP contribution >= 0.6 is 0 Å². The molecule has 0 saturated carbocycles. The molecule has 0 saturated heterocycles. The Balaban J connectivity index is 4.37.